The van der Waals surface area contributed by atoms with Gasteiger partial charge in [0.15, 0.2) is 0 Å². The molecule has 2 N–H and O–H groups in total. The van der Waals surface area contributed by atoms with Crippen molar-refractivity contribution in [3.8, 4) is 5.75 Å². The minimum Gasteiger partial charge on any atom is -0.493 e. The summed E-state index contributed by atoms with van der Waals surface area (Å²) in [6.07, 6.45) is 5.19. The van der Waals surface area contributed by atoms with Gasteiger partial charge in [-0.05, 0) is 44.2 Å². The fourth-order valence-electron chi connectivity index (χ4n) is 3.12. The van der Waals surface area contributed by atoms with Crippen molar-refractivity contribution in [1.29, 1.82) is 0 Å². The van der Waals surface area contributed by atoms with Gasteiger partial charge in [-0.25, -0.2) is 0 Å². The molecule has 0 aliphatic heterocycles. The van der Waals surface area contributed by atoms with Gasteiger partial charge in [-0.2, -0.15) is 0 Å². The molecule has 4 nitrogen and oxygen atoms in total. The van der Waals surface area contributed by atoms with Gasteiger partial charge >= 0.3 is 0 Å². The van der Waals surface area contributed by atoms with Gasteiger partial charge < -0.3 is 15.2 Å². The van der Waals surface area contributed by atoms with Crippen molar-refractivity contribution >= 4 is 5.91 Å². The average molecular weight is 303 g/mol. The molecule has 2 fully saturated rings. The Morgan fingerprint density at radius 1 is 1.27 bits per heavy atom. The second-order valence-corrected chi connectivity index (χ2v) is 6.84. The smallest absolute Gasteiger partial charge is 0.223 e. The van der Waals surface area contributed by atoms with E-state index in [2.05, 4.69) is 5.32 Å². The molecule has 1 aromatic rings. The van der Waals surface area contributed by atoms with Gasteiger partial charge in [0, 0.05) is 17.9 Å². The molecule has 0 aromatic heterocycles. The summed E-state index contributed by atoms with van der Waals surface area (Å²) in [6.45, 7) is 1.34. The van der Waals surface area contributed by atoms with Crippen LogP contribution in [-0.4, -0.2) is 30.3 Å². The number of nitrogens with one attached hydrogen (secondary N) is 1. The van der Waals surface area contributed by atoms with Crippen LogP contribution in [0.2, 0.25) is 0 Å². The summed E-state index contributed by atoms with van der Waals surface area (Å²) in [7, 11) is 0. The van der Waals surface area contributed by atoms with E-state index in [0.717, 1.165) is 37.9 Å². The van der Waals surface area contributed by atoms with Crippen molar-refractivity contribution in [2.45, 2.75) is 44.6 Å². The highest BCUT2D eigenvalue weighted by molar-refractivity contribution is 5.78. The van der Waals surface area contributed by atoms with Crippen LogP contribution >= 0.6 is 0 Å². The summed E-state index contributed by atoms with van der Waals surface area (Å²) in [6, 6.07) is 9.81. The third-order valence-corrected chi connectivity index (χ3v) is 4.90. The van der Waals surface area contributed by atoms with E-state index in [1.807, 2.05) is 30.3 Å². The van der Waals surface area contributed by atoms with Crippen LogP contribution in [0.4, 0.5) is 0 Å². The third kappa shape index (κ3) is 4.01. The lowest BCUT2D eigenvalue weighted by Crippen LogP contribution is -2.39. The van der Waals surface area contributed by atoms with Crippen molar-refractivity contribution in [3.05, 3.63) is 30.3 Å². The van der Waals surface area contributed by atoms with Crippen LogP contribution in [0.15, 0.2) is 30.3 Å². The SMILES string of the molecule is O=C(NCC1(COc2ccccc2)CC1)[C@H]1CCC[C@H](O)C1. The Morgan fingerprint density at radius 3 is 2.73 bits per heavy atom. The predicted molar refractivity (Wildman–Crippen MR) is 84.6 cm³/mol. The molecule has 0 heterocycles. The first-order chi connectivity index (χ1) is 10.7. The number of aliphatic hydroxyl groups is 1. The maximum atomic E-state index is 12.2. The van der Waals surface area contributed by atoms with E-state index >= 15 is 0 Å². The lowest BCUT2D eigenvalue weighted by atomic mass is 9.86. The molecule has 4 heteroatoms. The molecule has 2 saturated carbocycles. The summed E-state index contributed by atoms with van der Waals surface area (Å²) in [4.78, 5) is 12.2. The largest absolute Gasteiger partial charge is 0.493 e. The molecular weight excluding hydrogens is 278 g/mol. The van der Waals surface area contributed by atoms with Crippen LogP contribution in [0.1, 0.15) is 38.5 Å². The quantitative estimate of drug-likeness (QED) is 0.849. The van der Waals surface area contributed by atoms with Gasteiger partial charge in [0.2, 0.25) is 5.91 Å². The minimum absolute atomic E-state index is 0.0189. The Labute approximate surface area is 131 Å². The lowest BCUT2D eigenvalue weighted by molar-refractivity contribution is -0.127. The highest BCUT2D eigenvalue weighted by Crippen LogP contribution is 2.45. The number of amides is 1. The van der Waals surface area contributed by atoms with Crippen molar-refractivity contribution in [1.82, 2.24) is 5.32 Å². The van der Waals surface area contributed by atoms with Crippen molar-refractivity contribution < 1.29 is 14.6 Å². The van der Waals surface area contributed by atoms with Crippen LogP contribution < -0.4 is 10.1 Å². The van der Waals surface area contributed by atoms with E-state index in [4.69, 9.17) is 4.74 Å². The molecule has 120 valence electrons. The number of rotatable bonds is 6. The monoisotopic (exact) mass is 303 g/mol. The van der Waals surface area contributed by atoms with E-state index in [1.54, 1.807) is 0 Å². The summed E-state index contributed by atoms with van der Waals surface area (Å²) in [5.74, 6) is 0.967. The van der Waals surface area contributed by atoms with Crippen LogP contribution in [0.25, 0.3) is 0 Å². The molecule has 3 rings (SSSR count). The molecule has 0 radical (unpaired) electrons. The molecule has 0 spiro atoms. The maximum Gasteiger partial charge on any atom is 0.223 e. The fourth-order valence-corrected chi connectivity index (χ4v) is 3.12. The van der Waals surface area contributed by atoms with Crippen molar-refractivity contribution in [2.24, 2.45) is 11.3 Å². The van der Waals surface area contributed by atoms with E-state index in [9.17, 15) is 9.90 Å². The first-order valence-electron chi connectivity index (χ1n) is 8.31. The number of carbonyl (C=O) groups is 1. The highest BCUT2D eigenvalue weighted by atomic mass is 16.5. The topological polar surface area (TPSA) is 58.6 Å². The normalized spacial score (nSPS) is 26.2. The standard InChI is InChI=1S/C18H25NO3/c20-15-6-4-5-14(11-15)17(21)19-12-18(9-10-18)13-22-16-7-2-1-3-8-16/h1-3,7-8,14-15,20H,4-6,9-13H2,(H,19,21)/t14-,15-/m0/s1. The average Bonchev–Trinajstić information content (AvgIpc) is 3.32. The molecule has 0 bridgehead atoms. The highest BCUT2D eigenvalue weighted by Gasteiger charge is 2.44. The molecule has 0 unspecified atom stereocenters. The van der Waals surface area contributed by atoms with E-state index < -0.39 is 0 Å². The molecule has 2 aliphatic rings. The van der Waals surface area contributed by atoms with Crippen molar-refractivity contribution in [2.75, 3.05) is 13.2 Å². The molecule has 2 aliphatic carbocycles. The number of ether oxygens (including phenoxy) is 1. The summed E-state index contributed by atoms with van der Waals surface area (Å²) in [5, 5.41) is 12.8. The summed E-state index contributed by atoms with van der Waals surface area (Å²) < 4.78 is 5.84. The van der Waals surface area contributed by atoms with Crippen molar-refractivity contribution in [3.63, 3.8) is 0 Å². The first kappa shape index (κ1) is 15.3. The zero-order valence-electron chi connectivity index (χ0n) is 13.0. The van der Waals surface area contributed by atoms with E-state index in [0.29, 0.717) is 19.6 Å². The minimum atomic E-state index is -0.305. The number of benzene rings is 1. The first-order valence-corrected chi connectivity index (χ1v) is 8.31. The summed E-state index contributed by atoms with van der Waals surface area (Å²) >= 11 is 0. The molecule has 2 atom stereocenters. The Balaban J connectivity index is 1.43. The molecule has 1 aromatic carbocycles. The predicted octanol–water partition coefficient (Wildman–Crippen LogP) is 2.51. The second-order valence-electron chi connectivity index (χ2n) is 6.84. The summed E-state index contributed by atoms with van der Waals surface area (Å²) in [5.41, 5.74) is 0.110. The van der Waals surface area contributed by atoms with Gasteiger partial charge in [-0.15, -0.1) is 0 Å². The molecule has 1 amide bonds. The van der Waals surface area contributed by atoms with Gasteiger partial charge in [0.1, 0.15) is 5.75 Å². The van der Waals surface area contributed by atoms with Crippen LogP contribution in [0.3, 0.4) is 0 Å². The zero-order chi connectivity index (χ0) is 15.4. The van der Waals surface area contributed by atoms with Gasteiger partial charge in [-0.1, -0.05) is 24.6 Å². The Kier molecular flexibility index (Phi) is 4.67. The fraction of sp³-hybridized carbons (Fsp3) is 0.611. The molecular formula is C18H25NO3. The second kappa shape index (κ2) is 6.69. The lowest BCUT2D eigenvalue weighted by Gasteiger charge is -2.26. The van der Waals surface area contributed by atoms with Gasteiger partial charge in [0.05, 0.1) is 12.7 Å². The zero-order valence-corrected chi connectivity index (χ0v) is 13.0. The van der Waals surface area contributed by atoms with E-state index in [1.165, 1.54) is 0 Å². The van der Waals surface area contributed by atoms with Crippen LogP contribution in [0, 0.1) is 11.3 Å². The Morgan fingerprint density at radius 2 is 2.05 bits per heavy atom. The molecule has 0 saturated heterocycles. The Hall–Kier alpha value is -1.55. The van der Waals surface area contributed by atoms with E-state index in [-0.39, 0.29) is 23.3 Å². The van der Waals surface area contributed by atoms with Gasteiger partial charge in [-0.3, -0.25) is 4.79 Å². The van der Waals surface area contributed by atoms with Crippen LogP contribution in [0.5, 0.6) is 5.75 Å². The maximum absolute atomic E-state index is 12.2. The Bertz CT molecular complexity index is 498. The van der Waals surface area contributed by atoms with Crippen LogP contribution in [-0.2, 0) is 4.79 Å². The number of carbonyl (C=O) groups excluding carboxylic acids is 1. The molecule has 22 heavy (non-hydrogen) atoms. The van der Waals surface area contributed by atoms with Gasteiger partial charge in [0.25, 0.3) is 0 Å². The number of aliphatic hydroxyl groups excluding tert-OH is 1. The third-order valence-electron chi connectivity index (χ3n) is 4.90. The number of hydrogen-bond acceptors (Lipinski definition) is 3. The number of para-hydroxylation sites is 1. The number of hydrogen-bond donors (Lipinski definition) is 2.